The topological polar surface area (TPSA) is 24.4 Å². The van der Waals surface area contributed by atoms with E-state index in [-0.39, 0.29) is 6.04 Å². The van der Waals surface area contributed by atoms with Crippen LogP contribution in [0.4, 0.5) is 5.69 Å². The van der Waals surface area contributed by atoms with E-state index in [0.29, 0.717) is 11.8 Å². The first-order valence-corrected chi connectivity index (χ1v) is 12.9. The Bertz CT molecular complexity index is 1120. The van der Waals surface area contributed by atoms with Gasteiger partial charge in [0.1, 0.15) is 0 Å². The molecule has 0 bridgehead atoms. The van der Waals surface area contributed by atoms with Crippen LogP contribution in [-0.2, 0) is 0 Å². The van der Waals surface area contributed by atoms with Crippen LogP contribution in [-0.4, -0.2) is 10.8 Å². The van der Waals surface area contributed by atoms with Gasteiger partial charge in [-0.1, -0.05) is 107 Å². The van der Waals surface area contributed by atoms with Gasteiger partial charge in [0.15, 0.2) is 0 Å². The SMILES string of the molecule is CC(C1=NC(c2ccccc2)CS1)=C(Nc1c(C(C)C)cccc1C(C)C)c1ccccc1. The molecule has 0 aliphatic carbocycles. The second-order valence-corrected chi connectivity index (χ2v) is 10.3. The molecule has 170 valence electrons. The lowest BCUT2D eigenvalue weighted by Gasteiger charge is -2.24. The summed E-state index contributed by atoms with van der Waals surface area (Å²) in [6, 6.07) is 28.2. The number of hydrogen-bond donors (Lipinski definition) is 1. The number of hydrogen-bond acceptors (Lipinski definition) is 3. The van der Waals surface area contributed by atoms with Crippen molar-refractivity contribution in [2.45, 2.75) is 52.5 Å². The maximum Gasteiger partial charge on any atom is 0.0963 e. The highest BCUT2D eigenvalue weighted by atomic mass is 32.2. The molecule has 1 heterocycles. The monoisotopic (exact) mass is 454 g/mol. The van der Waals surface area contributed by atoms with Crippen molar-refractivity contribution in [3.8, 4) is 0 Å². The van der Waals surface area contributed by atoms with Crippen molar-refractivity contribution in [3.05, 3.63) is 107 Å². The molecule has 33 heavy (non-hydrogen) atoms. The summed E-state index contributed by atoms with van der Waals surface area (Å²) >= 11 is 1.86. The molecule has 0 amide bonds. The zero-order valence-corrected chi connectivity index (χ0v) is 21.1. The average molecular weight is 455 g/mol. The van der Waals surface area contributed by atoms with E-state index >= 15 is 0 Å². The largest absolute Gasteiger partial charge is 0.354 e. The molecule has 2 nitrogen and oxygen atoms in total. The van der Waals surface area contributed by atoms with Crippen LogP contribution in [0.5, 0.6) is 0 Å². The summed E-state index contributed by atoms with van der Waals surface area (Å²) < 4.78 is 0. The first-order chi connectivity index (χ1) is 16.0. The minimum atomic E-state index is 0.215. The number of rotatable bonds is 7. The summed E-state index contributed by atoms with van der Waals surface area (Å²) in [7, 11) is 0. The van der Waals surface area contributed by atoms with E-state index in [9.17, 15) is 0 Å². The highest BCUT2D eigenvalue weighted by molar-refractivity contribution is 8.14. The number of para-hydroxylation sites is 1. The van der Waals surface area contributed by atoms with Crippen LogP contribution in [0.3, 0.4) is 0 Å². The Hall–Kier alpha value is -2.78. The lowest BCUT2D eigenvalue weighted by molar-refractivity contribution is 0.838. The summed E-state index contributed by atoms with van der Waals surface area (Å²) in [4.78, 5) is 5.14. The Labute approximate surface area is 203 Å². The third-order valence-electron chi connectivity index (χ3n) is 6.22. The van der Waals surface area contributed by atoms with Gasteiger partial charge >= 0.3 is 0 Å². The van der Waals surface area contributed by atoms with Crippen LogP contribution >= 0.6 is 11.8 Å². The summed E-state index contributed by atoms with van der Waals surface area (Å²) in [6.45, 7) is 11.3. The average Bonchev–Trinajstić information content (AvgIpc) is 3.33. The summed E-state index contributed by atoms with van der Waals surface area (Å²) in [5, 5.41) is 5.04. The first kappa shape index (κ1) is 23.4. The third kappa shape index (κ3) is 5.25. The van der Waals surface area contributed by atoms with Crippen molar-refractivity contribution in [1.82, 2.24) is 0 Å². The molecule has 3 heteroatoms. The van der Waals surface area contributed by atoms with E-state index in [0.717, 1.165) is 16.5 Å². The van der Waals surface area contributed by atoms with E-state index in [2.05, 4.69) is 119 Å². The molecule has 3 aromatic rings. The number of benzene rings is 3. The lowest BCUT2D eigenvalue weighted by atomic mass is 9.92. The lowest BCUT2D eigenvalue weighted by Crippen LogP contribution is -2.10. The van der Waals surface area contributed by atoms with E-state index in [1.807, 2.05) is 11.8 Å². The van der Waals surface area contributed by atoms with Crippen molar-refractivity contribution in [3.63, 3.8) is 0 Å². The van der Waals surface area contributed by atoms with E-state index in [1.165, 1.54) is 33.5 Å². The predicted octanol–water partition coefficient (Wildman–Crippen LogP) is 8.66. The highest BCUT2D eigenvalue weighted by Gasteiger charge is 2.24. The maximum absolute atomic E-state index is 5.14. The van der Waals surface area contributed by atoms with Crippen LogP contribution in [0, 0.1) is 0 Å². The molecule has 0 aromatic heterocycles. The summed E-state index contributed by atoms with van der Waals surface area (Å²) in [5.74, 6) is 1.85. The molecular weight excluding hydrogens is 420 g/mol. The minimum absolute atomic E-state index is 0.215. The van der Waals surface area contributed by atoms with Gasteiger partial charge in [-0.25, -0.2) is 0 Å². The second kappa shape index (κ2) is 10.4. The fraction of sp³-hybridized carbons (Fsp3) is 0.300. The van der Waals surface area contributed by atoms with Gasteiger partial charge in [-0.05, 0) is 41.0 Å². The normalized spacial score (nSPS) is 16.7. The smallest absolute Gasteiger partial charge is 0.0963 e. The van der Waals surface area contributed by atoms with Crippen molar-refractivity contribution < 1.29 is 0 Å². The molecule has 0 spiro atoms. The predicted molar refractivity (Wildman–Crippen MR) is 146 cm³/mol. The van der Waals surface area contributed by atoms with Crippen molar-refractivity contribution >= 4 is 28.2 Å². The van der Waals surface area contributed by atoms with Gasteiger partial charge in [0, 0.05) is 17.0 Å². The number of anilines is 1. The molecule has 0 radical (unpaired) electrons. The standard InChI is InChI=1S/C30H34N2S/c1-20(2)25-17-12-18-26(21(3)4)29(25)32-28(24-15-10-7-11-16-24)22(5)30-31-27(19-33-30)23-13-8-6-9-14-23/h6-18,20-21,27,32H,19H2,1-5H3. The first-order valence-electron chi connectivity index (χ1n) is 11.9. The summed E-state index contributed by atoms with van der Waals surface area (Å²) in [5.41, 5.74) is 8.77. The van der Waals surface area contributed by atoms with Gasteiger partial charge in [0.2, 0.25) is 0 Å². The van der Waals surface area contributed by atoms with Gasteiger partial charge in [-0.2, -0.15) is 0 Å². The molecule has 1 unspecified atom stereocenters. The van der Waals surface area contributed by atoms with Gasteiger partial charge < -0.3 is 5.32 Å². The highest BCUT2D eigenvalue weighted by Crippen LogP contribution is 2.38. The molecule has 3 aromatic carbocycles. The Morgan fingerprint density at radius 1 is 0.818 bits per heavy atom. The molecule has 1 aliphatic heterocycles. The Morgan fingerprint density at radius 2 is 1.39 bits per heavy atom. The molecule has 4 rings (SSSR count). The summed E-state index contributed by atoms with van der Waals surface area (Å²) in [6.07, 6.45) is 0. The van der Waals surface area contributed by atoms with Crippen molar-refractivity contribution in [2.75, 3.05) is 11.1 Å². The quantitative estimate of drug-likeness (QED) is 0.386. The van der Waals surface area contributed by atoms with Gasteiger partial charge in [-0.3, -0.25) is 4.99 Å². The Morgan fingerprint density at radius 3 is 1.97 bits per heavy atom. The van der Waals surface area contributed by atoms with E-state index < -0.39 is 0 Å². The molecule has 1 atom stereocenters. The van der Waals surface area contributed by atoms with E-state index in [1.54, 1.807) is 0 Å². The van der Waals surface area contributed by atoms with Crippen LogP contribution in [0.1, 0.15) is 74.8 Å². The molecule has 0 saturated heterocycles. The molecular formula is C30H34N2S. The Balaban J connectivity index is 1.81. The molecule has 0 saturated carbocycles. The van der Waals surface area contributed by atoms with Gasteiger partial charge in [-0.15, -0.1) is 11.8 Å². The van der Waals surface area contributed by atoms with E-state index in [4.69, 9.17) is 4.99 Å². The number of nitrogens with zero attached hydrogens (tertiary/aromatic N) is 1. The van der Waals surface area contributed by atoms with Crippen molar-refractivity contribution in [2.24, 2.45) is 4.99 Å². The number of nitrogens with one attached hydrogen (secondary N) is 1. The van der Waals surface area contributed by atoms with Gasteiger partial charge in [0.05, 0.1) is 16.8 Å². The number of aliphatic imine (C=N–C) groups is 1. The third-order valence-corrected chi connectivity index (χ3v) is 7.38. The number of thioether (sulfide) groups is 1. The fourth-order valence-electron chi connectivity index (χ4n) is 4.34. The minimum Gasteiger partial charge on any atom is -0.354 e. The van der Waals surface area contributed by atoms with Gasteiger partial charge in [0.25, 0.3) is 0 Å². The molecule has 1 N–H and O–H groups in total. The molecule has 1 aliphatic rings. The zero-order valence-electron chi connectivity index (χ0n) is 20.3. The zero-order chi connectivity index (χ0) is 23.4. The fourth-order valence-corrected chi connectivity index (χ4v) is 5.44. The Kier molecular flexibility index (Phi) is 7.39. The van der Waals surface area contributed by atoms with Crippen molar-refractivity contribution in [1.29, 1.82) is 0 Å². The maximum atomic E-state index is 5.14. The second-order valence-electron chi connectivity index (χ2n) is 9.28. The van der Waals surface area contributed by atoms with Crippen LogP contribution in [0.2, 0.25) is 0 Å². The van der Waals surface area contributed by atoms with Crippen LogP contribution < -0.4 is 5.32 Å². The van der Waals surface area contributed by atoms with Crippen LogP contribution in [0.15, 0.2) is 89.4 Å². The van der Waals surface area contributed by atoms with Crippen LogP contribution in [0.25, 0.3) is 5.70 Å². The molecule has 0 fully saturated rings.